The van der Waals surface area contributed by atoms with E-state index in [1.54, 1.807) is 0 Å². The summed E-state index contributed by atoms with van der Waals surface area (Å²) in [5.41, 5.74) is 7.47. The highest BCUT2D eigenvalue weighted by Gasteiger charge is 2.51. The van der Waals surface area contributed by atoms with Gasteiger partial charge in [0.25, 0.3) is 0 Å². The van der Waals surface area contributed by atoms with Crippen LogP contribution in [0.5, 0.6) is 0 Å². The number of benzene rings is 1. The molecular formula is C20H28N2O. The lowest BCUT2D eigenvalue weighted by atomic mass is 9.53. The molecule has 4 aliphatic carbocycles. The van der Waals surface area contributed by atoms with Crippen molar-refractivity contribution >= 4 is 5.91 Å². The molecule has 4 aliphatic rings. The number of rotatable bonds is 4. The third kappa shape index (κ3) is 2.80. The minimum Gasteiger partial charge on any atom is -0.350 e. The van der Waals surface area contributed by atoms with Crippen molar-refractivity contribution in [3.8, 4) is 0 Å². The van der Waals surface area contributed by atoms with E-state index in [1.807, 2.05) is 37.3 Å². The number of amides is 1. The molecule has 1 amide bonds. The summed E-state index contributed by atoms with van der Waals surface area (Å²) in [6.07, 6.45) is 7.77. The van der Waals surface area contributed by atoms with Crippen LogP contribution in [-0.4, -0.2) is 11.4 Å². The van der Waals surface area contributed by atoms with Gasteiger partial charge in [-0.2, -0.15) is 0 Å². The Bertz CT molecular complexity index is 547. The van der Waals surface area contributed by atoms with E-state index >= 15 is 0 Å². The van der Waals surface area contributed by atoms with Crippen molar-refractivity contribution in [3.63, 3.8) is 0 Å². The molecule has 23 heavy (non-hydrogen) atoms. The fraction of sp³-hybridized carbons (Fsp3) is 0.650. The van der Waals surface area contributed by atoms with Crippen LogP contribution in [0.2, 0.25) is 0 Å². The molecule has 4 bridgehead atoms. The number of carbonyl (C=O) groups excluding carboxylic acids is 1. The van der Waals surface area contributed by atoms with Crippen molar-refractivity contribution in [2.45, 2.75) is 57.0 Å². The summed E-state index contributed by atoms with van der Waals surface area (Å²) in [4.78, 5) is 12.9. The van der Waals surface area contributed by atoms with Gasteiger partial charge in [0.1, 0.15) is 0 Å². The van der Waals surface area contributed by atoms with Gasteiger partial charge in [0.05, 0.1) is 5.92 Å². The third-order valence-electron chi connectivity index (χ3n) is 6.56. The van der Waals surface area contributed by atoms with Gasteiger partial charge in [-0.25, -0.2) is 0 Å². The monoisotopic (exact) mass is 312 g/mol. The van der Waals surface area contributed by atoms with Crippen LogP contribution in [0.3, 0.4) is 0 Å². The normalized spacial score (nSPS) is 37.4. The zero-order valence-electron chi connectivity index (χ0n) is 14.0. The Balaban J connectivity index is 1.45. The fourth-order valence-corrected chi connectivity index (χ4v) is 5.77. The van der Waals surface area contributed by atoms with Crippen LogP contribution in [-0.2, 0) is 4.79 Å². The van der Waals surface area contributed by atoms with Gasteiger partial charge in [-0.1, -0.05) is 37.3 Å². The second-order valence-electron chi connectivity index (χ2n) is 8.41. The lowest BCUT2D eigenvalue weighted by Crippen LogP contribution is -2.61. The first-order valence-corrected chi connectivity index (χ1v) is 9.17. The van der Waals surface area contributed by atoms with E-state index in [4.69, 9.17) is 5.73 Å². The van der Waals surface area contributed by atoms with E-state index in [-0.39, 0.29) is 23.4 Å². The first kappa shape index (κ1) is 15.2. The lowest BCUT2D eigenvalue weighted by molar-refractivity contribution is -0.131. The van der Waals surface area contributed by atoms with Crippen LogP contribution >= 0.6 is 0 Å². The first-order valence-electron chi connectivity index (χ1n) is 9.17. The number of carbonyl (C=O) groups is 1. The standard InChI is InChI=1S/C20H28N2O/c1-13(18(21)17-5-3-2-4-6-17)19(23)22-20-10-14-7-15(11-20)9-16(8-14)12-20/h2-6,13-16,18H,7-12,21H2,1H3,(H,22,23). The summed E-state index contributed by atoms with van der Waals surface area (Å²) in [6.45, 7) is 1.97. The predicted molar refractivity (Wildman–Crippen MR) is 91.6 cm³/mol. The molecule has 124 valence electrons. The van der Waals surface area contributed by atoms with Gasteiger partial charge in [-0.15, -0.1) is 0 Å². The summed E-state index contributed by atoms with van der Waals surface area (Å²) in [5, 5.41) is 3.46. The summed E-state index contributed by atoms with van der Waals surface area (Å²) in [6, 6.07) is 9.75. The highest BCUT2D eigenvalue weighted by Crippen LogP contribution is 2.55. The molecule has 3 nitrogen and oxygen atoms in total. The molecule has 0 spiro atoms. The molecule has 2 unspecified atom stereocenters. The maximum absolute atomic E-state index is 12.9. The van der Waals surface area contributed by atoms with Crippen molar-refractivity contribution < 1.29 is 4.79 Å². The first-order chi connectivity index (χ1) is 11.0. The molecule has 3 N–H and O–H groups in total. The minimum absolute atomic E-state index is 0.0799. The molecule has 0 saturated heterocycles. The second-order valence-corrected chi connectivity index (χ2v) is 8.41. The van der Waals surface area contributed by atoms with E-state index < -0.39 is 0 Å². The van der Waals surface area contributed by atoms with Crippen LogP contribution in [0.15, 0.2) is 30.3 Å². The predicted octanol–water partition coefficient (Wildman–Crippen LogP) is 3.41. The second kappa shape index (κ2) is 5.62. The molecule has 0 radical (unpaired) electrons. The van der Waals surface area contributed by atoms with E-state index in [1.165, 1.54) is 38.5 Å². The van der Waals surface area contributed by atoms with Gasteiger partial charge >= 0.3 is 0 Å². The average Bonchev–Trinajstić information content (AvgIpc) is 2.52. The quantitative estimate of drug-likeness (QED) is 0.895. The Labute approximate surface area is 139 Å². The SMILES string of the molecule is CC(C(=O)NC12CC3CC(CC(C3)C1)C2)C(N)c1ccccc1. The van der Waals surface area contributed by atoms with Crippen molar-refractivity contribution in [2.75, 3.05) is 0 Å². The third-order valence-corrected chi connectivity index (χ3v) is 6.56. The van der Waals surface area contributed by atoms with Crippen LogP contribution in [0, 0.1) is 23.7 Å². The molecule has 0 heterocycles. The van der Waals surface area contributed by atoms with Crippen LogP contribution in [0.1, 0.15) is 57.1 Å². The van der Waals surface area contributed by atoms with E-state index in [9.17, 15) is 4.79 Å². The van der Waals surface area contributed by atoms with Gasteiger partial charge in [0.15, 0.2) is 0 Å². The van der Waals surface area contributed by atoms with Crippen LogP contribution in [0.4, 0.5) is 0 Å². The van der Waals surface area contributed by atoms with Crippen molar-refractivity contribution in [1.82, 2.24) is 5.32 Å². The van der Waals surface area contributed by atoms with Crippen molar-refractivity contribution in [3.05, 3.63) is 35.9 Å². The largest absolute Gasteiger partial charge is 0.350 e. The van der Waals surface area contributed by atoms with E-state index in [0.717, 1.165) is 23.3 Å². The number of nitrogens with two attached hydrogens (primary N) is 1. The fourth-order valence-electron chi connectivity index (χ4n) is 5.77. The van der Waals surface area contributed by atoms with Gasteiger partial charge < -0.3 is 11.1 Å². The van der Waals surface area contributed by atoms with E-state index in [2.05, 4.69) is 5.32 Å². The smallest absolute Gasteiger partial charge is 0.225 e. The Morgan fingerprint density at radius 3 is 2.13 bits per heavy atom. The number of hydrogen-bond acceptors (Lipinski definition) is 2. The van der Waals surface area contributed by atoms with Gasteiger partial charge in [0.2, 0.25) is 5.91 Å². The Kier molecular flexibility index (Phi) is 3.72. The molecule has 2 atom stereocenters. The molecular weight excluding hydrogens is 284 g/mol. The Morgan fingerprint density at radius 1 is 1.09 bits per heavy atom. The molecule has 1 aromatic rings. The summed E-state index contributed by atoms with van der Waals surface area (Å²) in [5.74, 6) is 2.49. The zero-order valence-corrected chi connectivity index (χ0v) is 14.0. The van der Waals surface area contributed by atoms with E-state index in [0.29, 0.717) is 0 Å². The van der Waals surface area contributed by atoms with Gasteiger partial charge in [-0.05, 0) is 61.8 Å². The maximum Gasteiger partial charge on any atom is 0.225 e. The molecule has 0 aliphatic heterocycles. The highest BCUT2D eigenvalue weighted by atomic mass is 16.2. The van der Waals surface area contributed by atoms with Crippen LogP contribution in [0.25, 0.3) is 0 Å². The molecule has 3 heteroatoms. The Morgan fingerprint density at radius 2 is 1.61 bits per heavy atom. The summed E-state index contributed by atoms with van der Waals surface area (Å²) in [7, 11) is 0. The molecule has 5 rings (SSSR count). The summed E-state index contributed by atoms with van der Waals surface area (Å²) >= 11 is 0. The van der Waals surface area contributed by atoms with Gasteiger partial charge in [0, 0.05) is 11.6 Å². The van der Waals surface area contributed by atoms with Crippen molar-refractivity contribution in [2.24, 2.45) is 29.4 Å². The van der Waals surface area contributed by atoms with Crippen LogP contribution < -0.4 is 11.1 Å². The maximum atomic E-state index is 12.9. The molecule has 0 aromatic heterocycles. The lowest BCUT2D eigenvalue weighted by Gasteiger charge is -2.57. The molecule has 4 saturated carbocycles. The average molecular weight is 312 g/mol. The van der Waals surface area contributed by atoms with Crippen molar-refractivity contribution in [1.29, 1.82) is 0 Å². The number of nitrogens with one attached hydrogen (secondary N) is 1. The highest BCUT2D eigenvalue weighted by molar-refractivity contribution is 5.80. The zero-order chi connectivity index (χ0) is 16.0. The topological polar surface area (TPSA) is 55.1 Å². The number of hydrogen-bond donors (Lipinski definition) is 2. The summed E-state index contributed by atoms with van der Waals surface area (Å²) < 4.78 is 0. The molecule has 4 fully saturated rings. The Hall–Kier alpha value is -1.35. The minimum atomic E-state index is -0.231. The molecule has 1 aromatic carbocycles. The van der Waals surface area contributed by atoms with Gasteiger partial charge in [-0.3, -0.25) is 4.79 Å².